The molecule has 0 aromatic heterocycles. The zero-order valence-corrected chi connectivity index (χ0v) is 16.9. The quantitative estimate of drug-likeness (QED) is 0.291. The summed E-state index contributed by atoms with van der Waals surface area (Å²) < 4.78 is 19.3. The molecule has 1 atom stereocenters. The first-order valence-electron chi connectivity index (χ1n) is 10.7. The van der Waals surface area contributed by atoms with Crippen molar-refractivity contribution in [1.82, 2.24) is 0 Å². The number of aromatic carboxylic acids is 1. The highest BCUT2D eigenvalue weighted by molar-refractivity contribution is 5.87. The Balaban J connectivity index is 1.92. The summed E-state index contributed by atoms with van der Waals surface area (Å²) in [5, 5.41) is 8.83. The zero-order valence-electron chi connectivity index (χ0n) is 16.9. The minimum Gasteiger partial charge on any atom is -0.491 e. The Morgan fingerprint density at radius 3 is 1.85 bits per heavy atom. The molecule has 0 aliphatic heterocycles. The van der Waals surface area contributed by atoms with Gasteiger partial charge in [-0.1, -0.05) is 84.0 Å². The fourth-order valence-corrected chi connectivity index (χ4v) is 3.17. The molecule has 0 aliphatic carbocycles. The molecule has 154 valence electrons. The lowest BCUT2D eigenvalue weighted by molar-refractivity contribution is 0.0696. The molecule has 0 saturated heterocycles. The summed E-state index contributed by atoms with van der Waals surface area (Å²) in [7, 11) is 0. The van der Waals surface area contributed by atoms with Crippen molar-refractivity contribution >= 4 is 5.97 Å². The molecule has 0 heterocycles. The molecule has 4 heteroatoms. The first kappa shape index (κ1) is 23.5. The van der Waals surface area contributed by atoms with Crippen molar-refractivity contribution in [2.45, 2.75) is 96.6 Å². The van der Waals surface area contributed by atoms with Crippen molar-refractivity contribution in [3.8, 4) is 5.75 Å². The Labute approximate surface area is 164 Å². The highest BCUT2D eigenvalue weighted by Crippen LogP contribution is 2.16. The van der Waals surface area contributed by atoms with Crippen molar-refractivity contribution < 1.29 is 19.0 Å². The molecule has 0 fully saturated rings. The SMILES string of the molecule is CCCCCCCCCCCCCCC(F)COc1ccc(C(=O)O)cc1. The number of halogens is 1. The highest BCUT2D eigenvalue weighted by atomic mass is 19.1. The molecule has 0 spiro atoms. The van der Waals surface area contributed by atoms with Crippen LogP contribution in [-0.4, -0.2) is 23.9 Å². The predicted molar refractivity (Wildman–Crippen MR) is 109 cm³/mol. The Hall–Kier alpha value is -1.58. The fraction of sp³-hybridized carbons (Fsp3) is 0.696. The van der Waals surface area contributed by atoms with Gasteiger partial charge in [0.1, 0.15) is 18.5 Å². The van der Waals surface area contributed by atoms with Gasteiger partial charge in [0.25, 0.3) is 0 Å². The molecule has 0 saturated carbocycles. The van der Waals surface area contributed by atoms with E-state index in [0.717, 1.165) is 12.8 Å². The number of hydrogen-bond donors (Lipinski definition) is 1. The van der Waals surface area contributed by atoms with Crippen LogP contribution in [0.2, 0.25) is 0 Å². The van der Waals surface area contributed by atoms with Crippen molar-refractivity contribution in [3.63, 3.8) is 0 Å². The van der Waals surface area contributed by atoms with E-state index < -0.39 is 12.1 Å². The molecule has 0 bridgehead atoms. The smallest absolute Gasteiger partial charge is 0.335 e. The van der Waals surface area contributed by atoms with Crippen LogP contribution in [-0.2, 0) is 0 Å². The number of hydrogen-bond acceptors (Lipinski definition) is 2. The monoisotopic (exact) mass is 380 g/mol. The molecular weight excluding hydrogens is 343 g/mol. The molecule has 1 aromatic carbocycles. The van der Waals surface area contributed by atoms with Crippen molar-refractivity contribution in [1.29, 1.82) is 0 Å². The lowest BCUT2D eigenvalue weighted by Crippen LogP contribution is -2.12. The summed E-state index contributed by atoms with van der Waals surface area (Å²) in [5.41, 5.74) is 0.204. The summed E-state index contributed by atoms with van der Waals surface area (Å²) >= 11 is 0. The molecule has 0 aliphatic rings. The van der Waals surface area contributed by atoms with Gasteiger partial charge in [-0.3, -0.25) is 0 Å². The first-order valence-corrected chi connectivity index (χ1v) is 10.7. The average Bonchev–Trinajstić information content (AvgIpc) is 2.67. The third-order valence-corrected chi connectivity index (χ3v) is 4.90. The molecular formula is C23H37FO3. The van der Waals surface area contributed by atoms with Crippen LogP contribution in [0.5, 0.6) is 5.75 Å². The topological polar surface area (TPSA) is 46.5 Å². The number of carbonyl (C=O) groups is 1. The number of carboxylic acid groups (broad SMARTS) is 1. The van der Waals surface area contributed by atoms with Gasteiger partial charge < -0.3 is 9.84 Å². The van der Waals surface area contributed by atoms with E-state index in [1.807, 2.05) is 0 Å². The minimum atomic E-state index is -0.975. The molecule has 1 unspecified atom stereocenters. The Morgan fingerprint density at radius 1 is 0.889 bits per heavy atom. The summed E-state index contributed by atoms with van der Waals surface area (Å²) in [6.45, 7) is 2.28. The Bertz CT molecular complexity index is 487. The second-order valence-electron chi connectivity index (χ2n) is 7.42. The van der Waals surface area contributed by atoms with Crippen LogP contribution < -0.4 is 4.74 Å². The number of benzene rings is 1. The van der Waals surface area contributed by atoms with E-state index in [1.54, 1.807) is 12.1 Å². The van der Waals surface area contributed by atoms with Gasteiger partial charge in [-0.2, -0.15) is 0 Å². The van der Waals surface area contributed by atoms with Crippen LogP contribution in [0.15, 0.2) is 24.3 Å². The molecule has 0 amide bonds. The maximum absolute atomic E-state index is 13.9. The van der Waals surface area contributed by atoms with Gasteiger partial charge in [0.15, 0.2) is 0 Å². The summed E-state index contributed by atoms with van der Waals surface area (Å²) in [6, 6.07) is 6.08. The lowest BCUT2D eigenvalue weighted by Gasteiger charge is -2.10. The number of ether oxygens (including phenoxy) is 1. The number of carboxylic acids is 1. The van der Waals surface area contributed by atoms with Crippen molar-refractivity contribution in [3.05, 3.63) is 29.8 Å². The van der Waals surface area contributed by atoms with Gasteiger partial charge in [0.05, 0.1) is 5.56 Å². The molecule has 27 heavy (non-hydrogen) atoms. The van der Waals surface area contributed by atoms with Crippen LogP contribution in [0.4, 0.5) is 4.39 Å². The lowest BCUT2D eigenvalue weighted by atomic mass is 10.0. The van der Waals surface area contributed by atoms with Crippen LogP contribution in [0.1, 0.15) is 101 Å². The summed E-state index contributed by atoms with van der Waals surface area (Å²) in [4.78, 5) is 10.8. The Kier molecular flexibility index (Phi) is 13.4. The van der Waals surface area contributed by atoms with E-state index in [-0.39, 0.29) is 12.2 Å². The van der Waals surface area contributed by atoms with E-state index in [1.165, 1.54) is 76.3 Å². The van der Waals surface area contributed by atoms with Gasteiger partial charge in [-0.05, 0) is 30.7 Å². The minimum absolute atomic E-state index is 0.0322. The zero-order chi connectivity index (χ0) is 19.7. The maximum atomic E-state index is 13.9. The van der Waals surface area contributed by atoms with E-state index in [0.29, 0.717) is 12.2 Å². The summed E-state index contributed by atoms with van der Waals surface area (Å²) in [5.74, 6) is -0.464. The number of alkyl halides is 1. The van der Waals surface area contributed by atoms with Crippen LogP contribution >= 0.6 is 0 Å². The third-order valence-electron chi connectivity index (χ3n) is 4.90. The molecule has 1 N–H and O–H groups in total. The van der Waals surface area contributed by atoms with E-state index in [4.69, 9.17) is 9.84 Å². The molecule has 1 aromatic rings. The molecule has 3 nitrogen and oxygen atoms in total. The van der Waals surface area contributed by atoms with E-state index >= 15 is 0 Å². The van der Waals surface area contributed by atoms with Gasteiger partial charge in [-0.25, -0.2) is 9.18 Å². The van der Waals surface area contributed by atoms with Crippen molar-refractivity contribution in [2.24, 2.45) is 0 Å². The van der Waals surface area contributed by atoms with Gasteiger partial charge in [0, 0.05) is 0 Å². The second-order valence-corrected chi connectivity index (χ2v) is 7.42. The van der Waals surface area contributed by atoms with Gasteiger partial charge in [0.2, 0.25) is 0 Å². The second kappa shape index (κ2) is 15.5. The number of unbranched alkanes of at least 4 members (excludes halogenated alkanes) is 11. The standard InChI is InChI=1S/C23H37FO3/c1-2-3-4-5-6-7-8-9-10-11-12-13-14-21(24)19-27-22-17-15-20(16-18-22)23(25)26/h15-18,21H,2-14,19H2,1H3,(H,25,26). The third kappa shape index (κ3) is 12.4. The predicted octanol–water partition coefficient (Wildman–Crippen LogP) is 7.19. The fourth-order valence-electron chi connectivity index (χ4n) is 3.17. The maximum Gasteiger partial charge on any atom is 0.335 e. The van der Waals surface area contributed by atoms with Gasteiger partial charge in [-0.15, -0.1) is 0 Å². The normalized spacial score (nSPS) is 12.1. The van der Waals surface area contributed by atoms with Crippen LogP contribution in [0, 0.1) is 0 Å². The van der Waals surface area contributed by atoms with Crippen LogP contribution in [0.3, 0.4) is 0 Å². The van der Waals surface area contributed by atoms with Gasteiger partial charge >= 0.3 is 5.97 Å². The Morgan fingerprint density at radius 2 is 1.37 bits per heavy atom. The molecule has 1 rings (SSSR count). The largest absolute Gasteiger partial charge is 0.491 e. The van der Waals surface area contributed by atoms with E-state index in [9.17, 15) is 9.18 Å². The molecule has 0 radical (unpaired) electrons. The number of rotatable bonds is 17. The van der Waals surface area contributed by atoms with Crippen LogP contribution in [0.25, 0.3) is 0 Å². The van der Waals surface area contributed by atoms with Crippen molar-refractivity contribution in [2.75, 3.05) is 6.61 Å². The van der Waals surface area contributed by atoms with E-state index in [2.05, 4.69) is 6.92 Å². The first-order chi connectivity index (χ1) is 13.1. The average molecular weight is 381 g/mol. The highest BCUT2D eigenvalue weighted by Gasteiger charge is 2.08. The summed E-state index contributed by atoms with van der Waals surface area (Å²) in [6.07, 6.45) is 14.9.